The first-order valence-electron chi connectivity index (χ1n) is 15.4. The number of hydrogen-bond donors (Lipinski definition) is 1. The van der Waals surface area contributed by atoms with Crippen LogP contribution in [0.2, 0.25) is 0 Å². The van der Waals surface area contributed by atoms with Gasteiger partial charge in [-0.2, -0.15) is 0 Å². The number of benzene rings is 5. The monoisotopic (exact) mass is 598 g/mol. The van der Waals surface area contributed by atoms with Crippen molar-refractivity contribution < 1.29 is 0 Å². The standard InChI is InChI=1S/C40H30N4S/c1-40(2)24-23-33-36(40)29-21-22-31-35(34(29)28-18-10-12-20-32(28)45-33)27-17-9-11-19-30(27)44(31)39-42-37(25-13-5-3-6-14-25)41-38(43-39)26-15-7-4-8-16-26/h3-24,37H,1-2H3,(H,41,42,43). The maximum atomic E-state index is 5.28. The van der Waals surface area contributed by atoms with Crippen LogP contribution in [-0.2, 0) is 0 Å². The lowest BCUT2D eigenvalue weighted by molar-refractivity contribution is 0.659. The van der Waals surface area contributed by atoms with Crippen molar-refractivity contribution in [3.63, 3.8) is 0 Å². The van der Waals surface area contributed by atoms with Crippen LogP contribution < -0.4 is 5.32 Å². The fourth-order valence-electron chi connectivity index (χ4n) is 7.06. The highest BCUT2D eigenvalue weighted by Gasteiger charge is 2.35. The Labute approximate surface area is 266 Å². The molecule has 0 saturated heterocycles. The molecule has 0 fully saturated rings. The summed E-state index contributed by atoms with van der Waals surface area (Å²) in [5, 5.41) is 6.11. The predicted octanol–water partition coefficient (Wildman–Crippen LogP) is 9.83. The van der Waals surface area contributed by atoms with Gasteiger partial charge in [0, 0.05) is 37.1 Å². The van der Waals surface area contributed by atoms with Gasteiger partial charge in [-0.15, -0.1) is 0 Å². The summed E-state index contributed by atoms with van der Waals surface area (Å²) in [6.07, 6.45) is 4.30. The second kappa shape index (κ2) is 9.94. The van der Waals surface area contributed by atoms with Gasteiger partial charge in [0.05, 0.1) is 11.0 Å². The molecule has 1 unspecified atom stereocenters. The van der Waals surface area contributed by atoms with Crippen LogP contribution in [0, 0.1) is 5.41 Å². The number of thioether (sulfide) groups is 1. The Hall–Kier alpha value is -5.13. The SMILES string of the molecule is CC1(C)C=CC2=C1c1ccc3c(c1-c1ccccc1S2)c1ccccc1n3C1=NC(c2ccccc2)N=C(c2ccccc2)N1. The molecule has 5 heteroatoms. The molecule has 1 N–H and O–H groups in total. The van der Waals surface area contributed by atoms with Crippen LogP contribution in [0.1, 0.15) is 36.7 Å². The van der Waals surface area contributed by atoms with E-state index in [2.05, 4.69) is 145 Å². The minimum absolute atomic E-state index is 0.0653. The minimum Gasteiger partial charge on any atom is -0.310 e. The molecule has 4 nitrogen and oxygen atoms in total. The topological polar surface area (TPSA) is 41.7 Å². The molecule has 1 aromatic heterocycles. The summed E-state index contributed by atoms with van der Waals surface area (Å²) in [5.74, 6) is 1.58. The van der Waals surface area contributed by atoms with Crippen LogP contribution in [-0.4, -0.2) is 16.4 Å². The van der Waals surface area contributed by atoms with E-state index in [1.54, 1.807) is 0 Å². The number of aliphatic imine (C=N–C) groups is 2. The highest BCUT2D eigenvalue weighted by molar-refractivity contribution is 8.03. The lowest BCUT2D eigenvalue weighted by Crippen LogP contribution is -2.39. The van der Waals surface area contributed by atoms with E-state index in [1.807, 2.05) is 23.9 Å². The summed E-state index contributed by atoms with van der Waals surface area (Å²) in [7, 11) is 0. The van der Waals surface area contributed by atoms with E-state index in [1.165, 1.54) is 42.8 Å². The molecule has 1 aliphatic carbocycles. The molecular weight excluding hydrogens is 569 g/mol. The zero-order valence-electron chi connectivity index (χ0n) is 25.0. The highest BCUT2D eigenvalue weighted by atomic mass is 32.2. The molecule has 2 aliphatic heterocycles. The Morgan fingerprint density at radius 2 is 1.44 bits per heavy atom. The largest absolute Gasteiger partial charge is 0.310 e. The van der Waals surface area contributed by atoms with Crippen molar-refractivity contribution in [2.75, 3.05) is 0 Å². The predicted molar refractivity (Wildman–Crippen MR) is 189 cm³/mol. The molecule has 45 heavy (non-hydrogen) atoms. The van der Waals surface area contributed by atoms with Gasteiger partial charge in [-0.1, -0.05) is 141 Å². The van der Waals surface area contributed by atoms with Gasteiger partial charge in [0.2, 0.25) is 5.96 Å². The minimum atomic E-state index is -0.370. The number of rotatable bonds is 2. The molecule has 0 spiro atoms. The van der Waals surface area contributed by atoms with Crippen molar-refractivity contribution in [3.8, 4) is 11.1 Å². The first-order chi connectivity index (χ1) is 22.1. The van der Waals surface area contributed by atoms with E-state index < -0.39 is 0 Å². The van der Waals surface area contributed by atoms with E-state index in [0.29, 0.717) is 0 Å². The molecule has 3 aliphatic rings. The van der Waals surface area contributed by atoms with Gasteiger partial charge < -0.3 is 5.32 Å². The molecule has 5 aromatic carbocycles. The van der Waals surface area contributed by atoms with Crippen molar-refractivity contribution in [1.29, 1.82) is 0 Å². The van der Waals surface area contributed by atoms with Gasteiger partial charge >= 0.3 is 0 Å². The molecule has 216 valence electrons. The van der Waals surface area contributed by atoms with Gasteiger partial charge in [0.15, 0.2) is 6.17 Å². The van der Waals surface area contributed by atoms with E-state index in [-0.39, 0.29) is 11.6 Å². The molecule has 0 radical (unpaired) electrons. The summed E-state index contributed by atoms with van der Waals surface area (Å²) in [4.78, 5) is 13.0. The average Bonchev–Trinajstić information content (AvgIpc) is 3.52. The number of aromatic nitrogens is 1. The Balaban J connectivity index is 1.34. The van der Waals surface area contributed by atoms with Crippen molar-refractivity contribution in [1.82, 2.24) is 9.88 Å². The fourth-order valence-corrected chi connectivity index (χ4v) is 8.33. The smallest absolute Gasteiger partial charge is 0.211 e. The third kappa shape index (κ3) is 4.08. The number of amidine groups is 1. The van der Waals surface area contributed by atoms with Crippen LogP contribution >= 0.6 is 11.8 Å². The maximum absolute atomic E-state index is 5.28. The third-order valence-corrected chi connectivity index (χ3v) is 10.2. The average molecular weight is 599 g/mol. The zero-order valence-corrected chi connectivity index (χ0v) is 25.8. The van der Waals surface area contributed by atoms with Crippen LogP contribution in [0.5, 0.6) is 0 Å². The Morgan fingerprint density at radius 1 is 0.711 bits per heavy atom. The lowest BCUT2D eigenvalue weighted by Gasteiger charge is -2.25. The van der Waals surface area contributed by atoms with E-state index in [0.717, 1.165) is 34.0 Å². The quantitative estimate of drug-likeness (QED) is 0.216. The van der Waals surface area contributed by atoms with Crippen LogP contribution in [0.25, 0.3) is 38.5 Å². The number of hydrogen-bond acceptors (Lipinski definition) is 4. The molecular formula is C40H30N4S. The van der Waals surface area contributed by atoms with E-state index in [9.17, 15) is 0 Å². The van der Waals surface area contributed by atoms with Gasteiger partial charge in [-0.3, -0.25) is 4.57 Å². The molecule has 0 amide bonds. The summed E-state index contributed by atoms with van der Waals surface area (Å²) in [6.45, 7) is 4.66. The van der Waals surface area contributed by atoms with Crippen molar-refractivity contribution in [2.45, 2.75) is 24.9 Å². The van der Waals surface area contributed by atoms with E-state index in [4.69, 9.17) is 9.98 Å². The first-order valence-corrected chi connectivity index (χ1v) is 16.2. The molecule has 1 atom stereocenters. The third-order valence-electron chi connectivity index (χ3n) is 9.11. The molecule has 0 bridgehead atoms. The molecule has 6 aromatic rings. The first kappa shape index (κ1) is 26.3. The summed E-state index contributed by atoms with van der Waals surface area (Å²) in [5.41, 5.74) is 9.52. The van der Waals surface area contributed by atoms with Crippen LogP contribution in [0.3, 0.4) is 0 Å². The molecule has 9 rings (SSSR count). The van der Waals surface area contributed by atoms with Crippen molar-refractivity contribution >= 4 is 50.9 Å². The number of nitrogens with zero attached hydrogens (tertiary/aromatic N) is 3. The lowest BCUT2D eigenvalue weighted by atomic mass is 9.79. The normalized spacial score (nSPS) is 18.1. The van der Waals surface area contributed by atoms with Gasteiger partial charge in [0.1, 0.15) is 5.84 Å². The van der Waals surface area contributed by atoms with Gasteiger partial charge in [0.25, 0.3) is 0 Å². The second-order valence-corrected chi connectivity index (χ2v) is 13.4. The Bertz CT molecular complexity index is 2290. The number of fused-ring (bicyclic) bond motifs is 8. The van der Waals surface area contributed by atoms with E-state index >= 15 is 0 Å². The number of nitrogens with one attached hydrogen (secondary N) is 1. The fraction of sp³-hybridized carbons (Fsp3) is 0.100. The summed E-state index contributed by atoms with van der Waals surface area (Å²) in [6, 6.07) is 42.9. The number of para-hydroxylation sites is 1. The summed E-state index contributed by atoms with van der Waals surface area (Å²) < 4.78 is 2.30. The van der Waals surface area contributed by atoms with Crippen molar-refractivity contribution in [3.05, 3.63) is 155 Å². The van der Waals surface area contributed by atoms with Crippen LogP contribution in [0.15, 0.2) is 153 Å². The molecule has 3 heterocycles. The van der Waals surface area contributed by atoms with Crippen molar-refractivity contribution in [2.24, 2.45) is 15.4 Å². The van der Waals surface area contributed by atoms with Gasteiger partial charge in [-0.25, -0.2) is 9.98 Å². The van der Waals surface area contributed by atoms with Crippen LogP contribution in [0.4, 0.5) is 0 Å². The highest BCUT2D eigenvalue weighted by Crippen LogP contribution is 2.56. The Morgan fingerprint density at radius 3 is 2.29 bits per heavy atom. The maximum Gasteiger partial charge on any atom is 0.211 e. The second-order valence-electron chi connectivity index (χ2n) is 12.3. The molecule has 0 saturated carbocycles. The number of allylic oxidation sites excluding steroid dienone is 3. The zero-order chi connectivity index (χ0) is 30.1. The summed E-state index contributed by atoms with van der Waals surface area (Å²) >= 11 is 1.89. The Kier molecular flexibility index (Phi) is 5.81. The van der Waals surface area contributed by atoms with Gasteiger partial charge in [-0.05, 0) is 40.5 Å².